The van der Waals surface area contributed by atoms with Crippen LogP contribution in [0.5, 0.6) is 0 Å². The summed E-state index contributed by atoms with van der Waals surface area (Å²) in [5.74, 6) is 1.10. The Morgan fingerprint density at radius 3 is 2.46 bits per heavy atom. The van der Waals surface area contributed by atoms with E-state index in [1.165, 1.54) is 0 Å². The lowest BCUT2D eigenvalue weighted by Crippen LogP contribution is -2.27. The first-order valence-electron chi connectivity index (χ1n) is 9.30. The monoisotopic (exact) mass is 376 g/mol. The van der Waals surface area contributed by atoms with Crippen LogP contribution >= 0.6 is 0 Å². The normalized spacial score (nSPS) is 12.1. The van der Waals surface area contributed by atoms with Crippen molar-refractivity contribution < 1.29 is 9.84 Å². The molecule has 2 heterocycles. The lowest BCUT2D eigenvalue weighted by atomic mass is 10.1. The molecule has 4 aromatic rings. The van der Waals surface area contributed by atoms with Gasteiger partial charge >= 0.3 is 0 Å². The number of pyridine rings is 1. The Balaban J connectivity index is 1.77. The quantitative estimate of drug-likeness (QED) is 0.536. The van der Waals surface area contributed by atoms with E-state index in [1.807, 2.05) is 59.2 Å². The fourth-order valence-corrected chi connectivity index (χ4v) is 3.41. The van der Waals surface area contributed by atoms with Gasteiger partial charge in [0.15, 0.2) is 5.82 Å². The van der Waals surface area contributed by atoms with Gasteiger partial charge in [-0.3, -0.25) is 0 Å². The van der Waals surface area contributed by atoms with Crippen molar-refractivity contribution in [3.05, 3.63) is 66.0 Å². The Morgan fingerprint density at radius 2 is 1.71 bits per heavy atom. The maximum absolute atomic E-state index is 10.5. The summed E-state index contributed by atoms with van der Waals surface area (Å²) in [6, 6.07) is 17.8. The van der Waals surface area contributed by atoms with Crippen molar-refractivity contribution >= 4 is 27.8 Å². The number of hydrogen-bond donors (Lipinski definition) is 2. The highest BCUT2D eigenvalue weighted by Crippen LogP contribution is 2.30. The van der Waals surface area contributed by atoms with Gasteiger partial charge < -0.3 is 20.1 Å². The highest BCUT2D eigenvalue weighted by atomic mass is 16.5. The molecule has 0 aliphatic rings. The van der Waals surface area contributed by atoms with Crippen molar-refractivity contribution in [2.24, 2.45) is 0 Å². The number of aliphatic hydroxyl groups is 1. The lowest BCUT2D eigenvalue weighted by Gasteiger charge is -2.20. The van der Waals surface area contributed by atoms with Crippen molar-refractivity contribution in [3.8, 4) is 0 Å². The van der Waals surface area contributed by atoms with Crippen LogP contribution in [0, 0.1) is 0 Å². The number of nitrogen functional groups attached to an aromatic ring is 1. The molecule has 0 saturated carbocycles. The van der Waals surface area contributed by atoms with Crippen molar-refractivity contribution in [2.45, 2.75) is 39.2 Å². The molecule has 0 saturated heterocycles. The van der Waals surface area contributed by atoms with Crippen LogP contribution in [0.2, 0.25) is 0 Å². The molecular weight excluding hydrogens is 352 g/mol. The molecule has 4 rings (SSSR count). The van der Waals surface area contributed by atoms with E-state index < -0.39 is 5.60 Å². The molecule has 0 radical (unpaired) electrons. The molecule has 0 spiro atoms. The number of para-hydroxylation sites is 1. The number of anilines is 1. The summed E-state index contributed by atoms with van der Waals surface area (Å²) >= 11 is 0. The Bertz CT molecular complexity index is 1110. The second-order valence-corrected chi connectivity index (χ2v) is 7.62. The molecule has 3 N–H and O–H groups in total. The number of rotatable bonds is 6. The van der Waals surface area contributed by atoms with E-state index in [9.17, 15) is 5.11 Å². The average molecular weight is 376 g/mol. The van der Waals surface area contributed by atoms with Gasteiger partial charge in [-0.1, -0.05) is 48.5 Å². The van der Waals surface area contributed by atoms with Gasteiger partial charge in [0.25, 0.3) is 0 Å². The Morgan fingerprint density at radius 1 is 1.00 bits per heavy atom. The number of hydrogen-bond acceptors (Lipinski definition) is 5. The molecule has 144 valence electrons. The zero-order valence-corrected chi connectivity index (χ0v) is 16.1. The molecule has 6 nitrogen and oxygen atoms in total. The van der Waals surface area contributed by atoms with Crippen LogP contribution in [0.1, 0.15) is 25.2 Å². The summed E-state index contributed by atoms with van der Waals surface area (Å²) in [6.45, 7) is 4.73. The summed E-state index contributed by atoms with van der Waals surface area (Å²) in [5.41, 5.74) is 8.70. The number of nitrogens with zero attached hydrogens (tertiary/aromatic N) is 3. The van der Waals surface area contributed by atoms with Crippen LogP contribution in [0.15, 0.2) is 54.6 Å². The van der Waals surface area contributed by atoms with Crippen LogP contribution in [-0.4, -0.2) is 25.2 Å². The maximum atomic E-state index is 10.5. The minimum absolute atomic E-state index is 0.313. The second kappa shape index (κ2) is 7.22. The lowest BCUT2D eigenvalue weighted by molar-refractivity contribution is 0.0562. The van der Waals surface area contributed by atoms with E-state index in [0.29, 0.717) is 31.1 Å². The number of fused-ring (bicyclic) bond motifs is 3. The molecule has 0 fully saturated rings. The zero-order valence-electron chi connectivity index (χ0n) is 16.1. The predicted octanol–water partition coefficient (Wildman–Crippen LogP) is 3.65. The molecule has 0 atom stereocenters. The van der Waals surface area contributed by atoms with Crippen molar-refractivity contribution in [2.75, 3.05) is 5.73 Å². The van der Waals surface area contributed by atoms with Gasteiger partial charge in [-0.15, -0.1) is 0 Å². The maximum Gasteiger partial charge on any atom is 0.152 e. The fraction of sp³-hybridized carbons (Fsp3) is 0.273. The SMILES string of the molecule is CC(C)(O)Cn1c(COCc2ccccc2)nc2c(N)nc3ccccc3c21. The number of benzene rings is 2. The molecule has 2 aromatic heterocycles. The summed E-state index contributed by atoms with van der Waals surface area (Å²) in [7, 11) is 0. The molecule has 0 unspecified atom stereocenters. The Labute approximate surface area is 163 Å². The second-order valence-electron chi connectivity index (χ2n) is 7.62. The number of aromatic nitrogens is 3. The van der Waals surface area contributed by atoms with Gasteiger partial charge in [0, 0.05) is 5.39 Å². The molecular formula is C22H24N4O2. The Hall–Kier alpha value is -2.96. The van der Waals surface area contributed by atoms with Gasteiger partial charge in [-0.05, 0) is 25.5 Å². The molecule has 0 amide bonds. The standard InChI is InChI=1S/C22H24N4O2/c1-22(2,27)14-26-18(13-28-12-15-8-4-3-5-9-15)25-19-20(26)16-10-6-7-11-17(16)24-21(19)23/h3-11,27H,12-14H2,1-2H3,(H2,23,24). The van der Waals surface area contributed by atoms with Gasteiger partial charge in [0.2, 0.25) is 0 Å². The van der Waals surface area contributed by atoms with Crippen LogP contribution < -0.4 is 5.73 Å². The summed E-state index contributed by atoms with van der Waals surface area (Å²) in [6.07, 6.45) is 0. The predicted molar refractivity (Wildman–Crippen MR) is 111 cm³/mol. The van der Waals surface area contributed by atoms with Crippen molar-refractivity contribution in [1.82, 2.24) is 14.5 Å². The molecule has 0 bridgehead atoms. The van der Waals surface area contributed by atoms with Gasteiger partial charge in [0.1, 0.15) is 17.9 Å². The Kier molecular flexibility index (Phi) is 4.75. The summed E-state index contributed by atoms with van der Waals surface area (Å²) in [4.78, 5) is 9.20. The molecule has 2 aromatic carbocycles. The van der Waals surface area contributed by atoms with Gasteiger partial charge in [-0.25, -0.2) is 9.97 Å². The third-order valence-corrected chi connectivity index (χ3v) is 4.58. The first kappa shape index (κ1) is 18.4. The van der Waals surface area contributed by atoms with Crippen LogP contribution in [0.25, 0.3) is 21.9 Å². The third-order valence-electron chi connectivity index (χ3n) is 4.58. The minimum Gasteiger partial charge on any atom is -0.389 e. The van der Waals surface area contributed by atoms with E-state index in [0.717, 1.165) is 27.8 Å². The smallest absolute Gasteiger partial charge is 0.152 e. The summed E-state index contributed by atoms with van der Waals surface area (Å²) in [5, 5.41) is 11.4. The van der Waals surface area contributed by atoms with Crippen LogP contribution in [-0.2, 0) is 24.5 Å². The number of nitrogens with two attached hydrogens (primary N) is 1. The van der Waals surface area contributed by atoms with Crippen LogP contribution in [0.4, 0.5) is 5.82 Å². The molecule has 0 aliphatic heterocycles. The zero-order chi connectivity index (χ0) is 19.7. The highest BCUT2D eigenvalue weighted by molar-refractivity contribution is 6.06. The fourth-order valence-electron chi connectivity index (χ4n) is 3.41. The number of ether oxygens (including phenoxy) is 1. The molecule has 0 aliphatic carbocycles. The number of imidazole rings is 1. The van der Waals surface area contributed by atoms with E-state index in [2.05, 4.69) is 4.98 Å². The van der Waals surface area contributed by atoms with Crippen molar-refractivity contribution in [1.29, 1.82) is 0 Å². The van der Waals surface area contributed by atoms with E-state index in [-0.39, 0.29) is 0 Å². The van der Waals surface area contributed by atoms with E-state index in [1.54, 1.807) is 13.8 Å². The van der Waals surface area contributed by atoms with Gasteiger partial charge in [0.05, 0.1) is 29.8 Å². The first-order valence-corrected chi connectivity index (χ1v) is 9.30. The van der Waals surface area contributed by atoms with E-state index >= 15 is 0 Å². The van der Waals surface area contributed by atoms with E-state index in [4.69, 9.17) is 15.5 Å². The molecule has 28 heavy (non-hydrogen) atoms. The topological polar surface area (TPSA) is 86.2 Å². The van der Waals surface area contributed by atoms with Crippen LogP contribution in [0.3, 0.4) is 0 Å². The molecule has 6 heteroatoms. The van der Waals surface area contributed by atoms with Crippen molar-refractivity contribution in [3.63, 3.8) is 0 Å². The average Bonchev–Trinajstić information content (AvgIpc) is 3.00. The third kappa shape index (κ3) is 3.69. The first-order chi connectivity index (χ1) is 13.4. The highest BCUT2D eigenvalue weighted by Gasteiger charge is 2.22. The minimum atomic E-state index is -0.916. The summed E-state index contributed by atoms with van der Waals surface area (Å²) < 4.78 is 7.92. The van der Waals surface area contributed by atoms with Gasteiger partial charge in [-0.2, -0.15) is 0 Å². The largest absolute Gasteiger partial charge is 0.389 e.